The summed E-state index contributed by atoms with van der Waals surface area (Å²) in [5, 5.41) is 5.47. The van der Waals surface area contributed by atoms with E-state index in [1.165, 1.54) is 11.1 Å². The molecule has 22 heavy (non-hydrogen) atoms. The second-order valence-electron chi connectivity index (χ2n) is 5.56. The summed E-state index contributed by atoms with van der Waals surface area (Å²) in [6.07, 6.45) is 7.49. The molecule has 0 radical (unpaired) electrons. The number of benzene rings is 1. The molecule has 5 nitrogen and oxygen atoms in total. The normalized spacial score (nSPS) is 16.3. The Kier molecular flexibility index (Phi) is 3.54. The molecule has 0 N–H and O–H groups in total. The standard InChI is InChI=1S/C16H16BrN5/c17-14-3-1-2-13-15(4-7-19-16(13)14)21-8-5-12(6-9-21)22-11-18-10-20-22/h1-4,7,10-12H,5-6,8-9H2. The topological polar surface area (TPSA) is 46.8 Å². The molecule has 0 unspecified atom stereocenters. The van der Waals surface area contributed by atoms with Crippen LogP contribution >= 0.6 is 15.9 Å². The second kappa shape index (κ2) is 5.68. The molecule has 112 valence electrons. The highest BCUT2D eigenvalue weighted by Crippen LogP contribution is 2.32. The first kappa shape index (κ1) is 13.7. The number of para-hydroxylation sites is 1. The number of piperidine rings is 1. The Hall–Kier alpha value is -1.95. The monoisotopic (exact) mass is 357 g/mol. The fourth-order valence-electron chi connectivity index (χ4n) is 3.18. The summed E-state index contributed by atoms with van der Waals surface area (Å²) < 4.78 is 3.03. The van der Waals surface area contributed by atoms with Gasteiger partial charge in [-0.3, -0.25) is 4.98 Å². The van der Waals surface area contributed by atoms with Crippen molar-refractivity contribution in [1.82, 2.24) is 19.7 Å². The van der Waals surface area contributed by atoms with Crippen molar-refractivity contribution >= 4 is 32.5 Å². The maximum atomic E-state index is 4.50. The van der Waals surface area contributed by atoms with Gasteiger partial charge in [-0.1, -0.05) is 12.1 Å². The van der Waals surface area contributed by atoms with Crippen LogP contribution in [0.4, 0.5) is 5.69 Å². The van der Waals surface area contributed by atoms with Crippen molar-refractivity contribution in [2.75, 3.05) is 18.0 Å². The van der Waals surface area contributed by atoms with Gasteiger partial charge in [0.2, 0.25) is 0 Å². The Bertz CT molecular complexity index is 778. The molecule has 1 fully saturated rings. The average molecular weight is 358 g/mol. The molecule has 1 aliphatic rings. The van der Waals surface area contributed by atoms with E-state index in [0.717, 1.165) is 35.9 Å². The van der Waals surface area contributed by atoms with Crippen molar-refractivity contribution in [3.8, 4) is 0 Å². The molecule has 1 aromatic carbocycles. The fraction of sp³-hybridized carbons (Fsp3) is 0.312. The SMILES string of the molecule is Brc1cccc2c(N3CCC(n4cncn4)CC3)ccnc12. The van der Waals surface area contributed by atoms with Crippen molar-refractivity contribution < 1.29 is 0 Å². The lowest BCUT2D eigenvalue weighted by molar-refractivity contribution is 0.366. The van der Waals surface area contributed by atoms with Gasteiger partial charge < -0.3 is 4.90 Å². The van der Waals surface area contributed by atoms with Crippen LogP contribution < -0.4 is 4.90 Å². The summed E-state index contributed by atoms with van der Waals surface area (Å²) in [5.41, 5.74) is 2.29. The number of pyridine rings is 1. The maximum absolute atomic E-state index is 4.50. The van der Waals surface area contributed by atoms with Crippen molar-refractivity contribution in [3.63, 3.8) is 0 Å². The van der Waals surface area contributed by atoms with Crippen LogP contribution in [-0.4, -0.2) is 32.8 Å². The first-order valence-electron chi connectivity index (χ1n) is 7.45. The summed E-state index contributed by atoms with van der Waals surface area (Å²) in [7, 11) is 0. The summed E-state index contributed by atoms with van der Waals surface area (Å²) in [6.45, 7) is 2.05. The first-order chi connectivity index (χ1) is 10.8. The largest absolute Gasteiger partial charge is 0.371 e. The third-order valence-electron chi connectivity index (χ3n) is 4.31. The van der Waals surface area contributed by atoms with Crippen LogP contribution in [0.2, 0.25) is 0 Å². The van der Waals surface area contributed by atoms with Gasteiger partial charge in [-0.25, -0.2) is 9.67 Å². The molecule has 2 aromatic heterocycles. The zero-order valence-corrected chi connectivity index (χ0v) is 13.6. The van der Waals surface area contributed by atoms with E-state index in [-0.39, 0.29) is 0 Å². The third kappa shape index (κ3) is 2.37. The van der Waals surface area contributed by atoms with E-state index in [1.807, 2.05) is 23.3 Å². The van der Waals surface area contributed by atoms with E-state index in [9.17, 15) is 0 Å². The van der Waals surface area contributed by atoms with E-state index < -0.39 is 0 Å². The zero-order valence-electron chi connectivity index (χ0n) is 12.1. The summed E-state index contributed by atoms with van der Waals surface area (Å²) in [5.74, 6) is 0. The Morgan fingerprint density at radius 1 is 1.14 bits per heavy atom. The quantitative estimate of drug-likeness (QED) is 0.704. The van der Waals surface area contributed by atoms with Gasteiger partial charge in [0, 0.05) is 34.8 Å². The third-order valence-corrected chi connectivity index (χ3v) is 4.95. The molecule has 3 aromatic rings. The predicted octanol–water partition coefficient (Wildman–Crippen LogP) is 3.43. The van der Waals surface area contributed by atoms with Crippen molar-refractivity contribution in [2.45, 2.75) is 18.9 Å². The predicted molar refractivity (Wildman–Crippen MR) is 89.9 cm³/mol. The van der Waals surface area contributed by atoms with Crippen molar-refractivity contribution in [2.24, 2.45) is 0 Å². The number of nitrogens with zero attached hydrogens (tertiary/aromatic N) is 5. The Morgan fingerprint density at radius 3 is 2.77 bits per heavy atom. The minimum absolute atomic E-state index is 0.457. The van der Waals surface area contributed by atoms with E-state index in [0.29, 0.717) is 6.04 Å². The summed E-state index contributed by atoms with van der Waals surface area (Å²) >= 11 is 3.59. The van der Waals surface area contributed by atoms with E-state index in [1.54, 1.807) is 6.33 Å². The number of anilines is 1. The molecule has 0 atom stereocenters. The Morgan fingerprint density at radius 2 is 2.00 bits per heavy atom. The number of halogens is 1. The smallest absolute Gasteiger partial charge is 0.137 e. The zero-order chi connectivity index (χ0) is 14.9. The van der Waals surface area contributed by atoms with Gasteiger partial charge in [0.1, 0.15) is 12.7 Å². The highest BCUT2D eigenvalue weighted by atomic mass is 79.9. The van der Waals surface area contributed by atoms with E-state index in [4.69, 9.17) is 0 Å². The maximum Gasteiger partial charge on any atom is 0.137 e. The number of aromatic nitrogens is 4. The molecule has 0 amide bonds. The Labute approximate surface area is 137 Å². The van der Waals surface area contributed by atoms with E-state index in [2.05, 4.69) is 54.1 Å². The average Bonchev–Trinajstić information content (AvgIpc) is 3.10. The molecule has 0 bridgehead atoms. The lowest BCUT2D eigenvalue weighted by Crippen LogP contribution is -2.34. The molecule has 1 aliphatic heterocycles. The van der Waals surface area contributed by atoms with Gasteiger partial charge in [0.25, 0.3) is 0 Å². The molecule has 3 heterocycles. The van der Waals surface area contributed by atoms with E-state index >= 15 is 0 Å². The summed E-state index contributed by atoms with van der Waals surface area (Å²) in [6, 6.07) is 8.82. The summed E-state index contributed by atoms with van der Waals surface area (Å²) in [4.78, 5) is 11.0. The minimum Gasteiger partial charge on any atom is -0.371 e. The lowest BCUT2D eigenvalue weighted by Gasteiger charge is -2.34. The van der Waals surface area contributed by atoms with Crippen LogP contribution in [0.3, 0.4) is 0 Å². The van der Waals surface area contributed by atoms with Crippen LogP contribution in [0.25, 0.3) is 10.9 Å². The second-order valence-corrected chi connectivity index (χ2v) is 6.41. The van der Waals surface area contributed by atoms with Crippen LogP contribution in [0, 0.1) is 0 Å². The minimum atomic E-state index is 0.457. The number of fused-ring (bicyclic) bond motifs is 1. The van der Waals surface area contributed by atoms with Crippen molar-refractivity contribution in [1.29, 1.82) is 0 Å². The van der Waals surface area contributed by atoms with Gasteiger partial charge in [-0.05, 0) is 40.9 Å². The van der Waals surface area contributed by atoms with Gasteiger partial charge in [0.15, 0.2) is 0 Å². The molecular formula is C16H16BrN5. The number of rotatable bonds is 2. The first-order valence-corrected chi connectivity index (χ1v) is 8.24. The number of hydrogen-bond donors (Lipinski definition) is 0. The Balaban J connectivity index is 1.60. The van der Waals surface area contributed by atoms with Gasteiger partial charge >= 0.3 is 0 Å². The van der Waals surface area contributed by atoms with Gasteiger partial charge in [0.05, 0.1) is 11.6 Å². The van der Waals surface area contributed by atoms with Gasteiger partial charge in [-0.2, -0.15) is 5.10 Å². The molecule has 4 rings (SSSR count). The lowest BCUT2D eigenvalue weighted by atomic mass is 10.0. The highest BCUT2D eigenvalue weighted by Gasteiger charge is 2.22. The number of hydrogen-bond acceptors (Lipinski definition) is 4. The molecule has 0 saturated carbocycles. The molecular weight excluding hydrogens is 342 g/mol. The molecule has 0 aliphatic carbocycles. The van der Waals surface area contributed by atoms with Crippen LogP contribution in [0.5, 0.6) is 0 Å². The molecule has 0 spiro atoms. The highest BCUT2D eigenvalue weighted by molar-refractivity contribution is 9.10. The fourth-order valence-corrected chi connectivity index (χ4v) is 3.65. The van der Waals surface area contributed by atoms with Crippen LogP contribution in [-0.2, 0) is 0 Å². The molecule has 1 saturated heterocycles. The van der Waals surface area contributed by atoms with Crippen molar-refractivity contribution in [3.05, 3.63) is 47.6 Å². The van der Waals surface area contributed by atoms with Gasteiger partial charge in [-0.15, -0.1) is 0 Å². The molecule has 6 heteroatoms. The van der Waals surface area contributed by atoms with Crippen LogP contribution in [0.1, 0.15) is 18.9 Å². The van der Waals surface area contributed by atoms with Crippen LogP contribution in [0.15, 0.2) is 47.6 Å².